The summed E-state index contributed by atoms with van der Waals surface area (Å²) in [6, 6.07) is 7.46. The molecule has 1 saturated carbocycles. The Hall–Kier alpha value is -2.81. The van der Waals surface area contributed by atoms with Gasteiger partial charge in [-0.3, -0.25) is 9.69 Å². The number of pyridine rings is 1. The number of carbonyl (C=O) groups is 2. The van der Waals surface area contributed by atoms with Crippen LogP contribution >= 0.6 is 0 Å². The summed E-state index contributed by atoms with van der Waals surface area (Å²) in [5, 5.41) is 12.4. The van der Waals surface area contributed by atoms with E-state index in [0.717, 1.165) is 24.8 Å². The minimum Gasteiger partial charge on any atom is -0.323 e. The molecule has 0 bridgehead atoms. The van der Waals surface area contributed by atoms with Crippen LogP contribution in [0.1, 0.15) is 43.2 Å². The van der Waals surface area contributed by atoms with Gasteiger partial charge in [-0.15, -0.1) is 0 Å². The monoisotopic (exact) mass is 322 g/mol. The maximum Gasteiger partial charge on any atom is 0.325 e. The first-order valence-electron chi connectivity index (χ1n) is 8.27. The summed E-state index contributed by atoms with van der Waals surface area (Å²) in [7, 11) is 0. The van der Waals surface area contributed by atoms with Crippen LogP contribution in [0, 0.1) is 11.3 Å². The topological polar surface area (TPSA) is 77.6 Å². The van der Waals surface area contributed by atoms with Gasteiger partial charge in [-0.05, 0) is 25.0 Å². The Morgan fingerprint density at radius 2 is 2.00 bits per heavy atom. The third-order valence-electron chi connectivity index (χ3n) is 5.16. The summed E-state index contributed by atoms with van der Waals surface area (Å²) < 4.78 is 1.85. The Balaban J connectivity index is 1.67. The number of urea groups is 1. The van der Waals surface area contributed by atoms with Crippen LogP contribution in [0.3, 0.4) is 0 Å². The first kappa shape index (κ1) is 14.8. The van der Waals surface area contributed by atoms with Crippen LogP contribution in [0.5, 0.6) is 0 Å². The van der Waals surface area contributed by atoms with Crippen LogP contribution in [0.25, 0.3) is 5.52 Å². The predicted molar refractivity (Wildman–Crippen MR) is 87.0 cm³/mol. The number of nitriles is 1. The fourth-order valence-electron chi connectivity index (χ4n) is 3.91. The molecule has 0 aromatic carbocycles. The van der Waals surface area contributed by atoms with Crippen LogP contribution in [0.15, 0.2) is 30.6 Å². The zero-order chi connectivity index (χ0) is 16.7. The molecular weight excluding hydrogens is 304 g/mol. The predicted octanol–water partition coefficient (Wildman–Crippen LogP) is 2.57. The number of fused-ring (bicyclic) bond motifs is 1. The lowest BCUT2D eigenvalue weighted by Crippen LogP contribution is -2.48. The van der Waals surface area contributed by atoms with Gasteiger partial charge in [0.25, 0.3) is 5.91 Å². The van der Waals surface area contributed by atoms with Gasteiger partial charge in [-0.25, -0.2) is 4.79 Å². The molecule has 1 aliphatic heterocycles. The molecule has 122 valence electrons. The molecule has 2 aliphatic rings. The Bertz CT molecular complexity index is 871. The van der Waals surface area contributed by atoms with Crippen molar-refractivity contribution in [3.63, 3.8) is 0 Å². The normalized spacial score (nSPS) is 19.7. The molecule has 1 spiro atoms. The van der Waals surface area contributed by atoms with E-state index in [-0.39, 0.29) is 18.5 Å². The van der Waals surface area contributed by atoms with E-state index in [4.69, 9.17) is 0 Å². The molecule has 2 fully saturated rings. The number of nitrogens with zero attached hydrogens (tertiary/aromatic N) is 3. The van der Waals surface area contributed by atoms with Crippen molar-refractivity contribution in [2.24, 2.45) is 0 Å². The molecule has 3 heterocycles. The number of amides is 3. The van der Waals surface area contributed by atoms with Crippen molar-refractivity contribution in [3.05, 3.63) is 41.7 Å². The van der Waals surface area contributed by atoms with E-state index >= 15 is 0 Å². The largest absolute Gasteiger partial charge is 0.325 e. The minimum atomic E-state index is -0.721. The van der Waals surface area contributed by atoms with E-state index in [1.807, 2.05) is 35.0 Å². The summed E-state index contributed by atoms with van der Waals surface area (Å²) in [5.41, 5.74) is 1.27. The minimum absolute atomic E-state index is 0.136. The Morgan fingerprint density at radius 1 is 1.21 bits per heavy atom. The number of rotatable bonds is 2. The van der Waals surface area contributed by atoms with E-state index in [2.05, 4.69) is 11.4 Å². The molecule has 0 atom stereocenters. The highest BCUT2D eigenvalue weighted by molar-refractivity contribution is 6.07. The maximum atomic E-state index is 12.9. The van der Waals surface area contributed by atoms with Crippen LogP contribution in [0.4, 0.5) is 4.79 Å². The molecular formula is C18H18N4O2. The second-order valence-electron chi connectivity index (χ2n) is 6.60. The summed E-state index contributed by atoms with van der Waals surface area (Å²) >= 11 is 0. The van der Waals surface area contributed by atoms with Crippen molar-refractivity contribution in [1.82, 2.24) is 14.6 Å². The van der Waals surface area contributed by atoms with E-state index in [1.165, 1.54) is 4.90 Å². The van der Waals surface area contributed by atoms with Gasteiger partial charge < -0.3 is 9.72 Å². The van der Waals surface area contributed by atoms with Crippen molar-refractivity contribution in [2.75, 3.05) is 0 Å². The molecule has 6 heteroatoms. The lowest BCUT2D eigenvalue weighted by atomic mass is 9.82. The average molecular weight is 322 g/mol. The number of aromatic nitrogens is 1. The van der Waals surface area contributed by atoms with Gasteiger partial charge in [-0.1, -0.05) is 25.3 Å². The average Bonchev–Trinajstić information content (AvgIpc) is 3.06. The van der Waals surface area contributed by atoms with Crippen LogP contribution in [-0.4, -0.2) is 26.8 Å². The molecule has 3 amide bonds. The summed E-state index contributed by atoms with van der Waals surface area (Å²) in [4.78, 5) is 26.5. The van der Waals surface area contributed by atoms with Crippen LogP contribution in [-0.2, 0) is 11.3 Å². The fourth-order valence-corrected chi connectivity index (χ4v) is 3.91. The van der Waals surface area contributed by atoms with Gasteiger partial charge >= 0.3 is 6.03 Å². The Labute approximate surface area is 139 Å². The number of nitrogens with one attached hydrogen (secondary N) is 1. The standard InChI is InChI=1S/C18H18N4O2/c19-10-14-13(11-21-9-5-2-6-15(14)21)12-22-16(23)18(20-17(22)24)7-3-1-4-8-18/h2,5-6,9,11H,1,3-4,7-8,12H2,(H,20,24). The van der Waals surface area contributed by atoms with Crippen LogP contribution in [0.2, 0.25) is 0 Å². The molecule has 1 N–H and O–H groups in total. The SMILES string of the molecule is N#Cc1c(CN2C(=O)NC3(CCCCC3)C2=O)cn2ccccc12. The molecule has 6 nitrogen and oxygen atoms in total. The van der Waals surface area contributed by atoms with E-state index < -0.39 is 5.54 Å². The molecule has 4 rings (SSSR count). The van der Waals surface area contributed by atoms with Gasteiger partial charge in [0.15, 0.2) is 0 Å². The molecule has 24 heavy (non-hydrogen) atoms. The quantitative estimate of drug-likeness (QED) is 0.863. The van der Waals surface area contributed by atoms with Gasteiger partial charge in [0.2, 0.25) is 0 Å². The summed E-state index contributed by atoms with van der Waals surface area (Å²) in [6.07, 6.45) is 8.11. The third kappa shape index (κ3) is 2.08. The fraction of sp³-hybridized carbons (Fsp3) is 0.389. The number of imide groups is 1. The summed E-state index contributed by atoms with van der Waals surface area (Å²) in [5.74, 6) is -0.147. The highest BCUT2D eigenvalue weighted by Crippen LogP contribution is 2.34. The number of hydrogen-bond donors (Lipinski definition) is 1. The molecule has 0 unspecified atom stereocenters. The second kappa shape index (κ2) is 5.38. The Kier molecular flexibility index (Phi) is 3.31. The lowest BCUT2D eigenvalue weighted by molar-refractivity contribution is -0.132. The number of hydrogen-bond acceptors (Lipinski definition) is 3. The molecule has 0 radical (unpaired) electrons. The molecule has 2 aromatic heterocycles. The first-order valence-corrected chi connectivity index (χ1v) is 8.27. The summed E-state index contributed by atoms with van der Waals surface area (Å²) in [6.45, 7) is 0.136. The van der Waals surface area contributed by atoms with E-state index in [1.54, 1.807) is 0 Å². The maximum absolute atomic E-state index is 12.9. The number of carbonyl (C=O) groups excluding carboxylic acids is 2. The first-order chi connectivity index (χ1) is 11.6. The van der Waals surface area contributed by atoms with Gasteiger partial charge in [0, 0.05) is 18.0 Å². The highest BCUT2D eigenvalue weighted by Gasteiger charge is 2.51. The zero-order valence-electron chi connectivity index (χ0n) is 13.3. The van der Waals surface area contributed by atoms with Crippen molar-refractivity contribution in [3.8, 4) is 6.07 Å². The van der Waals surface area contributed by atoms with E-state index in [0.29, 0.717) is 24.0 Å². The third-order valence-corrected chi connectivity index (χ3v) is 5.16. The van der Waals surface area contributed by atoms with Crippen molar-refractivity contribution < 1.29 is 9.59 Å². The lowest BCUT2D eigenvalue weighted by Gasteiger charge is -2.30. The van der Waals surface area contributed by atoms with Crippen LogP contribution < -0.4 is 5.32 Å². The molecule has 2 aromatic rings. The second-order valence-corrected chi connectivity index (χ2v) is 6.60. The van der Waals surface area contributed by atoms with E-state index in [9.17, 15) is 14.9 Å². The van der Waals surface area contributed by atoms with Crippen molar-refractivity contribution in [2.45, 2.75) is 44.2 Å². The van der Waals surface area contributed by atoms with Gasteiger partial charge in [-0.2, -0.15) is 5.26 Å². The molecule has 1 aliphatic carbocycles. The molecule has 1 saturated heterocycles. The Morgan fingerprint density at radius 3 is 2.75 bits per heavy atom. The smallest absolute Gasteiger partial charge is 0.323 e. The highest BCUT2D eigenvalue weighted by atomic mass is 16.2. The zero-order valence-corrected chi connectivity index (χ0v) is 13.3. The van der Waals surface area contributed by atoms with Crippen molar-refractivity contribution in [1.29, 1.82) is 5.26 Å². The van der Waals surface area contributed by atoms with Gasteiger partial charge in [0.1, 0.15) is 11.6 Å². The van der Waals surface area contributed by atoms with Crippen molar-refractivity contribution >= 4 is 17.5 Å². The van der Waals surface area contributed by atoms with Gasteiger partial charge in [0.05, 0.1) is 17.6 Å².